The van der Waals surface area contributed by atoms with Crippen LogP contribution < -0.4 is 10.2 Å². The third kappa shape index (κ3) is 4.55. The van der Waals surface area contributed by atoms with Crippen LogP contribution in [-0.4, -0.2) is 37.1 Å². The summed E-state index contributed by atoms with van der Waals surface area (Å²) in [4.78, 5) is 24.0. The highest BCUT2D eigenvalue weighted by Crippen LogP contribution is 2.14. The van der Waals surface area contributed by atoms with Gasteiger partial charge in [0.25, 0.3) is 0 Å². The van der Waals surface area contributed by atoms with Crippen molar-refractivity contribution in [1.29, 1.82) is 0 Å². The predicted octanol–water partition coefficient (Wildman–Crippen LogP) is 1.10. The topological polar surface area (TPSA) is 69.6 Å². The molecule has 5 heteroatoms. The number of nitrogens with one attached hydrogen (secondary N) is 1. The van der Waals surface area contributed by atoms with Crippen molar-refractivity contribution >= 4 is 17.6 Å². The van der Waals surface area contributed by atoms with Crippen molar-refractivity contribution in [3.05, 3.63) is 30.3 Å². The summed E-state index contributed by atoms with van der Waals surface area (Å²) in [6.45, 7) is 0.652. The van der Waals surface area contributed by atoms with Crippen molar-refractivity contribution in [2.45, 2.75) is 12.8 Å². The van der Waals surface area contributed by atoms with Gasteiger partial charge in [0.1, 0.15) is 0 Å². The van der Waals surface area contributed by atoms with E-state index in [4.69, 9.17) is 5.11 Å². The zero-order chi connectivity index (χ0) is 13.4. The molecule has 0 saturated heterocycles. The molecule has 1 aromatic carbocycles. The fourth-order valence-corrected chi connectivity index (χ4v) is 1.64. The van der Waals surface area contributed by atoms with Crippen LogP contribution in [0.3, 0.4) is 0 Å². The lowest BCUT2D eigenvalue weighted by Gasteiger charge is -2.22. The second-order valence-corrected chi connectivity index (χ2v) is 3.91. The number of carboxylic acid groups (broad SMARTS) is 1. The SMILES string of the molecule is CNCC(=O)N(CCCC(=O)O)c1ccccc1. The number of carboxylic acids is 1. The van der Waals surface area contributed by atoms with E-state index in [1.165, 1.54) is 0 Å². The van der Waals surface area contributed by atoms with Crippen LogP contribution in [0.15, 0.2) is 30.3 Å². The van der Waals surface area contributed by atoms with Gasteiger partial charge in [-0.15, -0.1) is 0 Å². The second-order valence-electron chi connectivity index (χ2n) is 3.91. The monoisotopic (exact) mass is 250 g/mol. The van der Waals surface area contributed by atoms with E-state index >= 15 is 0 Å². The minimum Gasteiger partial charge on any atom is -0.481 e. The smallest absolute Gasteiger partial charge is 0.303 e. The molecule has 0 radical (unpaired) electrons. The summed E-state index contributed by atoms with van der Waals surface area (Å²) in [5, 5.41) is 11.4. The molecule has 1 rings (SSSR count). The number of carbonyl (C=O) groups is 2. The van der Waals surface area contributed by atoms with Crippen LogP contribution >= 0.6 is 0 Å². The maximum atomic E-state index is 11.9. The Kier molecular flexibility index (Phi) is 5.87. The molecule has 0 unspecified atom stereocenters. The van der Waals surface area contributed by atoms with Crippen molar-refractivity contribution in [2.75, 3.05) is 25.0 Å². The minimum absolute atomic E-state index is 0.0610. The van der Waals surface area contributed by atoms with E-state index < -0.39 is 5.97 Å². The van der Waals surface area contributed by atoms with Gasteiger partial charge in [0, 0.05) is 18.7 Å². The summed E-state index contributed by atoms with van der Waals surface area (Å²) in [6.07, 6.45) is 0.510. The number of para-hydroxylation sites is 1. The fourth-order valence-electron chi connectivity index (χ4n) is 1.64. The molecule has 0 aromatic heterocycles. The zero-order valence-corrected chi connectivity index (χ0v) is 10.4. The number of aliphatic carboxylic acids is 1. The Bertz CT molecular complexity index is 392. The first-order valence-electron chi connectivity index (χ1n) is 5.87. The Hall–Kier alpha value is -1.88. The highest BCUT2D eigenvalue weighted by molar-refractivity contribution is 5.94. The Balaban J connectivity index is 2.69. The van der Waals surface area contributed by atoms with Crippen LogP contribution in [0, 0.1) is 0 Å². The largest absolute Gasteiger partial charge is 0.481 e. The molecular weight excluding hydrogens is 232 g/mol. The molecule has 0 aliphatic carbocycles. The highest BCUT2D eigenvalue weighted by atomic mass is 16.4. The van der Waals surface area contributed by atoms with E-state index in [-0.39, 0.29) is 18.9 Å². The molecule has 0 atom stereocenters. The van der Waals surface area contributed by atoms with E-state index in [1.807, 2.05) is 30.3 Å². The molecule has 0 aliphatic rings. The lowest BCUT2D eigenvalue weighted by Crippen LogP contribution is -2.38. The molecule has 2 N–H and O–H groups in total. The number of anilines is 1. The van der Waals surface area contributed by atoms with Crippen molar-refractivity contribution in [3.8, 4) is 0 Å². The molecule has 0 bridgehead atoms. The molecular formula is C13H18N2O3. The second kappa shape index (κ2) is 7.45. The van der Waals surface area contributed by atoms with Gasteiger partial charge in [-0.25, -0.2) is 0 Å². The number of carbonyl (C=O) groups excluding carboxylic acids is 1. The van der Waals surface area contributed by atoms with Gasteiger partial charge in [0.2, 0.25) is 5.91 Å². The Labute approximate surface area is 106 Å². The van der Waals surface area contributed by atoms with Crippen molar-refractivity contribution in [3.63, 3.8) is 0 Å². The number of nitrogens with zero attached hydrogens (tertiary/aromatic N) is 1. The summed E-state index contributed by atoms with van der Waals surface area (Å²) in [7, 11) is 1.71. The van der Waals surface area contributed by atoms with Crippen LogP contribution in [0.2, 0.25) is 0 Å². The first kappa shape index (κ1) is 14.2. The summed E-state index contributed by atoms with van der Waals surface area (Å²) in [6, 6.07) is 9.27. The quantitative estimate of drug-likeness (QED) is 0.760. The van der Waals surface area contributed by atoms with Crippen LogP contribution in [0.5, 0.6) is 0 Å². The molecule has 1 amide bonds. The van der Waals surface area contributed by atoms with Crippen LogP contribution in [0.4, 0.5) is 5.69 Å². The number of hydrogen-bond donors (Lipinski definition) is 2. The van der Waals surface area contributed by atoms with Crippen molar-refractivity contribution in [1.82, 2.24) is 5.32 Å². The van der Waals surface area contributed by atoms with E-state index in [0.29, 0.717) is 13.0 Å². The maximum absolute atomic E-state index is 11.9. The van der Waals surface area contributed by atoms with Gasteiger partial charge in [-0.05, 0) is 25.6 Å². The third-order valence-electron chi connectivity index (χ3n) is 2.47. The number of rotatable bonds is 7. The summed E-state index contributed by atoms with van der Waals surface area (Å²) in [5.41, 5.74) is 0.795. The Morgan fingerprint density at radius 1 is 1.28 bits per heavy atom. The normalized spacial score (nSPS) is 10.1. The summed E-state index contributed by atoms with van der Waals surface area (Å²) in [5.74, 6) is -0.904. The van der Waals surface area contributed by atoms with Gasteiger partial charge in [-0.3, -0.25) is 9.59 Å². The average Bonchev–Trinajstić information content (AvgIpc) is 2.35. The van der Waals surface area contributed by atoms with E-state index in [0.717, 1.165) is 5.69 Å². The summed E-state index contributed by atoms with van der Waals surface area (Å²) < 4.78 is 0. The number of likely N-dealkylation sites (N-methyl/N-ethyl adjacent to an activating group) is 1. The molecule has 5 nitrogen and oxygen atoms in total. The molecule has 0 saturated carbocycles. The lowest BCUT2D eigenvalue weighted by molar-refractivity contribution is -0.137. The van der Waals surface area contributed by atoms with Gasteiger partial charge in [0.15, 0.2) is 0 Å². The predicted molar refractivity (Wildman–Crippen MR) is 69.6 cm³/mol. The third-order valence-corrected chi connectivity index (χ3v) is 2.47. The van der Waals surface area contributed by atoms with Crippen molar-refractivity contribution < 1.29 is 14.7 Å². The summed E-state index contributed by atoms with van der Waals surface area (Å²) >= 11 is 0. The van der Waals surface area contributed by atoms with Gasteiger partial charge in [-0.1, -0.05) is 18.2 Å². The molecule has 0 heterocycles. The van der Waals surface area contributed by atoms with Crippen molar-refractivity contribution in [2.24, 2.45) is 0 Å². The van der Waals surface area contributed by atoms with Gasteiger partial charge in [0.05, 0.1) is 6.54 Å². The Morgan fingerprint density at radius 3 is 2.50 bits per heavy atom. The molecule has 98 valence electrons. The minimum atomic E-state index is -0.843. The van der Waals surface area contributed by atoms with Crippen LogP contribution in [0.25, 0.3) is 0 Å². The first-order chi connectivity index (χ1) is 8.65. The molecule has 0 fully saturated rings. The number of amides is 1. The fraction of sp³-hybridized carbons (Fsp3) is 0.385. The van der Waals surface area contributed by atoms with E-state index in [9.17, 15) is 9.59 Å². The Morgan fingerprint density at radius 2 is 1.94 bits per heavy atom. The van der Waals surface area contributed by atoms with Gasteiger partial charge >= 0.3 is 5.97 Å². The molecule has 1 aromatic rings. The zero-order valence-electron chi connectivity index (χ0n) is 10.4. The van der Waals surface area contributed by atoms with E-state index in [1.54, 1.807) is 11.9 Å². The number of hydrogen-bond acceptors (Lipinski definition) is 3. The molecule has 0 spiro atoms. The maximum Gasteiger partial charge on any atom is 0.303 e. The lowest BCUT2D eigenvalue weighted by atomic mass is 10.2. The van der Waals surface area contributed by atoms with E-state index in [2.05, 4.69) is 5.32 Å². The van der Waals surface area contributed by atoms with Gasteiger partial charge < -0.3 is 15.3 Å². The van der Waals surface area contributed by atoms with Crippen LogP contribution in [0.1, 0.15) is 12.8 Å². The average molecular weight is 250 g/mol. The van der Waals surface area contributed by atoms with Crippen LogP contribution in [-0.2, 0) is 9.59 Å². The number of benzene rings is 1. The highest BCUT2D eigenvalue weighted by Gasteiger charge is 2.14. The first-order valence-corrected chi connectivity index (χ1v) is 5.87. The standard InChI is InChI=1S/C13H18N2O3/c1-14-10-12(16)15(9-5-8-13(17)18)11-6-3-2-4-7-11/h2-4,6-7,14H,5,8-10H2,1H3,(H,17,18). The molecule has 18 heavy (non-hydrogen) atoms. The molecule has 0 aliphatic heterocycles. The van der Waals surface area contributed by atoms with Gasteiger partial charge in [-0.2, -0.15) is 0 Å².